The molecule has 0 saturated heterocycles. The van der Waals surface area contributed by atoms with Crippen LogP contribution in [-0.2, 0) is 4.79 Å². The van der Waals surface area contributed by atoms with Gasteiger partial charge in [-0.2, -0.15) is 0 Å². The van der Waals surface area contributed by atoms with Crippen LogP contribution in [0.4, 0.5) is 4.39 Å². The fourth-order valence-corrected chi connectivity index (χ4v) is 1.49. The van der Waals surface area contributed by atoms with Crippen LogP contribution in [0.25, 0.3) is 0 Å². The minimum absolute atomic E-state index is 0.0682. The van der Waals surface area contributed by atoms with Crippen molar-refractivity contribution >= 4 is 21.8 Å². The molecule has 1 unspecified atom stereocenters. The van der Waals surface area contributed by atoms with Crippen molar-refractivity contribution in [2.24, 2.45) is 0 Å². The predicted molar refractivity (Wildman–Crippen MR) is 67.5 cm³/mol. The molecule has 0 saturated carbocycles. The molecule has 0 aliphatic carbocycles. The van der Waals surface area contributed by atoms with Crippen LogP contribution in [0, 0.1) is 5.82 Å². The van der Waals surface area contributed by atoms with Crippen LogP contribution in [0.1, 0.15) is 20.3 Å². The molecular weight excluding hydrogens is 289 g/mol. The molecule has 0 heterocycles. The third-order valence-electron chi connectivity index (χ3n) is 2.27. The Morgan fingerprint density at radius 3 is 2.94 bits per heavy atom. The summed E-state index contributed by atoms with van der Waals surface area (Å²) < 4.78 is 19.1. The van der Waals surface area contributed by atoms with Gasteiger partial charge in [-0.3, -0.25) is 4.79 Å². The normalized spacial score (nSPS) is 12.0. The second-order valence-electron chi connectivity index (χ2n) is 3.74. The Bertz CT molecular complexity index is 398. The topological polar surface area (TPSA) is 38.3 Å². The van der Waals surface area contributed by atoms with Gasteiger partial charge in [0.05, 0.1) is 0 Å². The summed E-state index contributed by atoms with van der Waals surface area (Å²) >= 11 is 3.21. The average Bonchev–Trinajstić information content (AvgIpc) is 2.30. The first kappa shape index (κ1) is 14.0. The number of amides is 1. The molecule has 0 aliphatic heterocycles. The molecule has 0 spiro atoms. The van der Waals surface area contributed by atoms with Crippen LogP contribution in [-0.4, -0.2) is 18.6 Å². The van der Waals surface area contributed by atoms with E-state index in [1.807, 2.05) is 13.8 Å². The standard InChI is InChI=1S/C12H15BrFNO2/c1-3-8(2)15-12(16)7-17-11-6-9(13)4-5-10(11)14/h4-6,8H,3,7H2,1-2H3,(H,15,16). The average molecular weight is 304 g/mol. The van der Waals surface area contributed by atoms with Gasteiger partial charge in [0.2, 0.25) is 0 Å². The van der Waals surface area contributed by atoms with Gasteiger partial charge in [0.15, 0.2) is 18.2 Å². The van der Waals surface area contributed by atoms with E-state index in [4.69, 9.17) is 4.74 Å². The highest BCUT2D eigenvalue weighted by atomic mass is 79.9. The molecule has 3 nitrogen and oxygen atoms in total. The molecule has 1 N–H and O–H groups in total. The van der Waals surface area contributed by atoms with Crippen molar-refractivity contribution in [1.82, 2.24) is 5.32 Å². The molecule has 1 atom stereocenters. The third-order valence-corrected chi connectivity index (χ3v) is 2.77. The van der Waals surface area contributed by atoms with Gasteiger partial charge < -0.3 is 10.1 Å². The van der Waals surface area contributed by atoms with Crippen LogP contribution in [0.2, 0.25) is 0 Å². The molecule has 0 aromatic heterocycles. The first-order valence-electron chi connectivity index (χ1n) is 5.40. The maximum Gasteiger partial charge on any atom is 0.258 e. The number of benzene rings is 1. The third kappa shape index (κ3) is 4.73. The SMILES string of the molecule is CCC(C)NC(=O)COc1cc(Br)ccc1F. The van der Waals surface area contributed by atoms with Crippen LogP contribution < -0.4 is 10.1 Å². The minimum Gasteiger partial charge on any atom is -0.481 e. The lowest BCUT2D eigenvalue weighted by Gasteiger charge is -2.12. The summed E-state index contributed by atoms with van der Waals surface area (Å²) in [7, 11) is 0. The van der Waals surface area contributed by atoms with Gasteiger partial charge in [-0.25, -0.2) is 4.39 Å². The minimum atomic E-state index is -0.482. The largest absolute Gasteiger partial charge is 0.481 e. The number of ether oxygens (including phenoxy) is 1. The Morgan fingerprint density at radius 2 is 2.29 bits per heavy atom. The maximum atomic E-state index is 13.3. The number of hydrogen-bond acceptors (Lipinski definition) is 2. The molecule has 0 radical (unpaired) electrons. The van der Waals surface area contributed by atoms with Crippen molar-refractivity contribution in [3.05, 3.63) is 28.5 Å². The highest BCUT2D eigenvalue weighted by molar-refractivity contribution is 9.10. The van der Waals surface area contributed by atoms with Gasteiger partial charge in [0.1, 0.15) is 0 Å². The van der Waals surface area contributed by atoms with E-state index in [1.165, 1.54) is 12.1 Å². The number of nitrogens with one attached hydrogen (secondary N) is 1. The van der Waals surface area contributed by atoms with Crippen molar-refractivity contribution in [3.63, 3.8) is 0 Å². The van der Waals surface area contributed by atoms with Crippen molar-refractivity contribution < 1.29 is 13.9 Å². The molecular formula is C12H15BrFNO2. The molecule has 5 heteroatoms. The molecule has 94 valence electrons. The second-order valence-corrected chi connectivity index (χ2v) is 4.66. The van der Waals surface area contributed by atoms with Gasteiger partial charge >= 0.3 is 0 Å². The molecule has 1 aromatic carbocycles. The zero-order chi connectivity index (χ0) is 12.8. The van der Waals surface area contributed by atoms with Crippen molar-refractivity contribution in [2.45, 2.75) is 26.3 Å². The van der Waals surface area contributed by atoms with Crippen molar-refractivity contribution in [3.8, 4) is 5.75 Å². The molecule has 17 heavy (non-hydrogen) atoms. The smallest absolute Gasteiger partial charge is 0.258 e. The van der Waals surface area contributed by atoms with E-state index in [9.17, 15) is 9.18 Å². The van der Waals surface area contributed by atoms with E-state index in [0.29, 0.717) is 4.47 Å². The Labute approximate surface area is 108 Å². The predicted octanol–water partition coefficient (Wildman–Crippen LogP) is 2.88. The van der Waals surface area contributed by atoms with Crippen LogP contribution in [0.15, 0.2) is 22.7 Å². The Kier molecular flexibility index (Phi) is 5.41. The molecule has 1 aromatic rings. The van der Waals surface area contributed by atoms with E-state index in [2.05, 4.69) is 21.2 Å². The number of rotatable bonds is 5. The molecule has 0 fully saturated rings. The Hall–Kier alpha value is -1.10. The number of hydrogen-bond donors (Lipinski definition) is 1. The quantitative estimate of drug-likeness (QED) is 0.908. The first-order valence-corrected chi connectivity index (χ1v) is 6.19. The van der Waals surface area contributed by atoms with Crippen LogP contribution >= 0.6 is 15.9 Å². The van der Waals surface area contributed by atoms with Gasteiger partial charge in [-0.15, -0.1) is 0 Å². The van der Waals surface area contributed by atoms with Gasteiger partial charge in [-0.05, 0) is 31.5 Å². The number of carbonyl (C=O) groups excluding carboxylic acids is 1. The summed E-state index contributed by atoms with van der Waals surface area (Å²) in [6, 6.07) is 4.44. The van der Waals surface area contributed by atoms with E-state index in [1.54, 1.807) is 6.07 Å². The summed E-state index contributed by atoms with van der Waals surface area (Å²) in [6.45, 7) is 3.69. The highest BCUT2D eigenvalue weighted by Gasteiger charge is 2.09. The van der Waals surface area contributed by atoms with E-state index in [-0.39, 0.29) is 24.3 Å². The van der Waals surface area contributed by atoms with Gasteiger partial charge in [0.25, 0.3) is 5.91 Å². The second kappa shape index (κ2) is 6.59. The van der Waals surface area contributed by atoms with E-state index in [0.717, 1.165) is 6.42 Å². The fourth-order valence-electron chi connectivity index (χ4n) is 1.15. The summed E-state index contributed by atoms with van der Waals surface area (Å²) in [5, 5.41) is 2.74. The highest BCUT2D eigenvalue weighted by Crippen LogP contribution is 2.21. The lowest BCUT2D eigenvalue weighted by molar-refractivity contribution is -0.123. The molecule has 0 aliphatic rings. The fraction of sp³-hybridized carbons (Fsp3) is 0.417. The molecule has 0 bridgehead atoms. The lowest BCUT2D eigenvalue weighted by atomic mass is 10.2. The van der Waals surface area contributed by atoms with Gasteiger partial charge in [-0.1, -0.05) is 22.9 Å². The van der Waals surface area contributed by atoms with E-state index < -0.39 is 5.82 Å². The summed E-state index contributed by atoms with van der Waals surface area (Å²) in [4.78, 5) is 11.4. The van der Waals surface area contributed by atoms with E-state index >= 15 is 0 Å². The summed E-state index contributed by atoms with van der Waals surface area (Å²) in [5.41, 5.74) is 0. The van der Waals surface area contributed by atoms with Crippen LogP contribution in [0.5, 0.6) is 5.75 Å². The lowest BCUT2D eigenvalue weighted by Crippen LogP contribution is -2.35. The Morgan fingerprint density at radius 1 is 1.59 bits per heavy atom. The first-order chi connectivity index (χ1) is 8.02. The zero-order valence-corrected chi connectivity index (χ0v) is 11.4. The van der Waals surface area contributed by atoms with Crippen LogP contribution in [0.3, 0.4) is 0 Å². The summed E-state index contributed by atoms with van der Waals surface area (Å²) in [6.07, 6.45) is 0.844. The Balaban J connectivity index is 2.50. The summed E-state index contributed by atoms with van der Waals surface area (Å²) in [5.74, 6) is -0.665. The number of halogens is 2. The number of carbonyl (C=O) groups is 1. The molecule has 1 rings (SSSR count). The zero-order valence-electron chi connectivity index (χ0n) is 9.80. The van der Waals surface area contributed by atoms with Gasteiger partial charge in [0, 0.05) is 10.5 Å². The molecule has 1 amide bonds. The maximum absolute atomic E-state index is 13.3. The van der Waals surface area contributed by atoms with Crippen molar-refractivity contribution in [2.75, 3.05) is 6.61 Å². The van der Waals surface area contributed by atoms with Crippen molar-refractivity contribution in [1.29, 1.82) is 0 Å². The monoisotopic (exact) mass is 303 g/mol.